The molecule has 2 aromatic heterocycles. The lowest BCUT2D eigenvalue weighted by molar-refractivity contribution is -0.0368. The number of pyridine rings is 1. The molecule has 1 fully saturated rings. The van der Waals surface area contributed by atoms with Gasteiger partial charge in [-0.3, -0.25) is 4.98 Å². The van der Waals surface area contributed by atoms with E-state index in [0.29, 0.717) is 5.02 Å². The summed E-state index contributed by atoms with van der Waals surface area (Å²) in [6.45, 7) is 2.78. The number of benzene rings is 1. The molecule has 0 radical (unpaired) electrons. The van der Waals surface area contributed by atoms with Crippen LogP contribution in [0.3, 0.4) is 0 Å². The number of nitrogens with zero attached hydrogens (tertiary/aromatic N) is 3. The van der Waals surface area contributed by atoms with Crippen LogP contribution in [-0.4, -0.2) is 21.4 Å². The second-order valence-corrected chi connectivity index (χ2v) is 7.82. The largest absolute Gasteiger partial charge is 0.486 e. The number of rotatable bonds is 4. The number of ether oxygens (including phenoxy) is 2. The van der Waals surface area contributed by atoms with E-state index in [2.05, 4.69) is 33.6 Å². The number of hydrogen-bond acceptors (Lipinski definition) is 4. The SMILES string of the molecule is C[C@@H](Oc1ccc2c(c1)c(I)nn2C1CCCCO1)c1ccncc1Cl. The molecule has 0 bridgehead atoms. The zero-order valence-corrected chi connectivity index (χ0v) is 17.3. The van der Waals surface area contributed by atoms with Crippen molar-refractivity contribution in [3.8, 4) is 5.75 Å². The van der Waals surface area contributed by atoms with E-state index in [0.717, 1.165) is 45.4 Å². The van der Waals surface area contributed by atoms with Gasteiger partial charge < -0.3 is 9.47 Å². The van der Waals surface area contributed by atoms with Gasteiger partial charge in [-0.2, -0.15) is 5.10 Å². The lowest BCUT2D eigenvalue weighted by atomic mass is 10.1. The van der Waals surface area contributed by atoms with Crippen LogP contribution in [0, 0.1) is 3.70 Å². The Morgan fingerprint density at radius 2 is 2.23 bits per heavy atom. The van der Waals surface area contributed by atoms with Crippen molar-refractivity contribution in [2.45, 2.75) is 38.5 Å². The van der Waals surface area contributed by atoms with Gasteiger partial charge >= 0.3 is 0 Å². The molecule has 2 atom stereocenters. The highest BCUT2D eigenvalue weighted by Gasteiger charge is 2.21. The average Bonchev–Trinajstić information content (AvgIpc) is 2.99. The molecule has 3 heterocycles. The standard InChI is InChI=1S/C19H19ClIN3O2/c1-12(14-7-8-22-11-16(14)20)26-13-5-6-17-15(10-13)19(21)23-24(17)18-4-2-3-9-25-18/h5-8,10-12,18H,2-4,9H2,1H3/t12-,18?/m1/s1. The van der Waals surface area contributed by atoms with Gasteiger partial charge in [0.2, 0.25) is 0 Å². The Morgan fingerprint density at radius 1 is 1.35 bits per heavy atom. The van der Waals surface area contributed by atoms with Gasteiger partial charge in [0.15, 0.2) is 6.23 Å². The third-order valence-electron chi connectivity index (χ3n) is 4.62. The zero-order chi connectivity index (χ0) is 18.1. The van der Waals surface area contributed by atoms with Crippen molar-refractivity contribution >= 4 is 45.1 Å². The maximum atomic E-state index is 6.22. The van der Waals surface area contributed by atoms with Crippen LogP contribution in [0.25, 0.3) is 10.9 Å². The summed E-state index contributed by atoms with van der Waals surface area (Å²) in [5.74, 6) is 0.792. The second kappa shape index (κ2) is 7.70. The average molecular weight is 484 g/mol. The normalized spacial score (nSPS) is 18.8. The van der Waals surface area contributed by atoms with Gasteiger partial charge in [-0.15, -0.1) is 0 Å². The Balaban J connectivity index is 1.62. The first-order chi connectivity index (χ1) is 12.6. The van der Waals surface area contributed by atoms with Crippen molar-refractivity contribution in [3.05, 3.63) is 50.9 Å². The Morgan fingerprint density at radius 3 is 3.00 bits per heavy atom. The van der Waals surface area contributed by atoms with Gasteiger partial charge in [-0.1, -0.05) is 11.6 Å². The molecule has 26 heavy (non-hydrogen) atoms. The highest BCUT2D eigenvalue weighted by atomic mass is 127. The molecule has 0 spiro atoms. The molecule has 1 aliphatic rings. The number of hydrogen-bond donors (Lipinski definition) is 0. The fourth-order valence-corrected chi connectivity index (χ4v) is 4.21. The van der Waals surface area contributed by atoms with Gasteiger partial charge in [0.1, 0.15) is 15.6 Å². The molecule has 4 rings (SSSR count). The quantitative estimate of drug-likeness (QED) is 0.458. The van der Waals surface area contributed by atoms with Crippen LogP contribution in [0.15, 0.2) is 36.7 Å². The molecule has 1 saturated heterocycles. The lowest BCUT2D eigenvalue weighted by Crippen LogP contribution is -2.19. The summed E-state index contributed by atoms with van der Waals surface area (Å²) >= 11 is 8.49. The van der Waals surface area contributed by atoms with Gasteiger partial charge in [0, 0.05) is 30.0 Å². The fraction of sp³-hybridized carbons (Fsp3) is 0.368. The van der Waals surface area contributed by atoms with Crippen molar-refractivity contribution in [1.82, 2.24) is 14.8 Å². The molecular weight excluding hydrogens is 465 g/mol. The van der Waals surface area contributed by atoms with E-state index in [1.54, 1.807) is 12.4 Å². The zero-order valence-electron chi connectivity index (χ0n) is 14.4. The third kappa shape index (κ3) is 3.54. The van der Waals surface area contributed by atoms with Crippen molar-refractivity contribution in [1.29, 1.82) is 0 Å². The predicted molar refractivity (Wildman–Crippen MR) is 110 cm³/mol. The molecular formula is C19H19ClIN3O2. The van der Waals surface area contributed by atoms with Gasteiger partial charge in [-0.05, 0) is 73.0 Å². The second-order valence-electron chi connectivity index (χ2n) is 6.39. The Kier molecular flexibility index (Phi) is 5.33. The van der Waals surface area contributed by atoms with Gasteiger partial charge in [0.25, 0.3) is 0 Å². The van der Waals surface area contributed by atoms with Crippen LogP contribution < -0.4 is 4.74 Å². The van der Waals surface area contributed by atoms with Crippen LogP contribution in [0.5, 0.6) is 5.75 Å². The van der Waals surface area contributed by atoms with Crippen LogP contribution in [0.4, 0.5) is 0 Å². The molecule has 0 amide bonds. The molecule has 0 saturated carbocycles. The van der Waals surface area contributed by atoms with Crippen molar-refractivity contribution < 1.29 is 9.47 Å². The number of halogens is 2. The van der Waals surface area contributed by atoms with Crippen molar-refractivity contribution in [2.75, 3.05) is 6.61 Å². The minimum absolute atomic E-state index is 0.0242. The number of fused-ring (bicyclic) bond motifs is 1. The maximum absolute atomic E-state index is 6.22. The molecule has 1 unspecified atom stereocenters. The van der Waals surface area contributed by atoms with E-state index in [-0.39, 0.29) is 12.3 Å². The Hall–Kier alpha value is -1.38. The summed E-state index contributed by atoms with van der Waals surface area (Å²) in [5, 5.41) is 6.38. The molecule has 1 aliphatic heterocycles. The van der Waals surface area contributed by atoms with E-state index in [9.17, 15) is 0 Å². The highest BCUT2D eigenvalue weighted by molar-refractivity contribution is 14.1. The highest BCUT2D eigenvalue weighted by Crippen LogP contribution is 2.33. The van der Waals surface area contributed by atoms with E-state index in [1.807, 2.05) is 29.8 Å². The molecule has 5 nitrogen and oxygen atoms in total. The molecule has 3 aromatic rings. The van der Waals surface area contributed by atoms with Crippen LogP contribution in [0.1, 0.15) is 44.1 Å². The topological polar surface area (TPSA) is 49.2 Å². The first kappa shape index (κ1) is 18.0. The van der Waals surface area contributed by atoms with E-state index in [1.165, 1.54) is 6.42 Å². The van der Waals surface area contributed by atoms with Crippen molar-refractivity contribution in [3.63, 3.8) is 0 Å². The van der Waals surface area contributed by atoms with Crippen LogP contribution in [0.2, 0.25) is 5.02 Å². The van der Waals surface area contributed by atoms with E-state index >= 15 is 0 Å². The summed E-state index contributed by atoms with van der Waals surface area (Å²) in [6.07, 6.45) is 6.52. The maximum Gasteiger partial charge on any atom is 0.150 e. The predicted octanol–water partition coefficient (Wildman–Crippen LogP) is 5.53. The fourth-order valence-electron chi connectivity index (χ4n) is 3.28. The summed E-state index contributed by atoms with van der Waals surface area (Å²) in [7, 11) is 0. The molecule has 7 heteroatoms. The summed E-state index contributed by atoms with van der Waals surface area (Å²) in [5.41, 5.74) is 1.99. The molecule has 136 valence electrons. The minimum Gasteiger partial charge on any atom is -0.486 e. The minimum atomic E-state index is -0.169. The summed E-state index contributed by atoms with van der Waals surface area (Å²) in [6, 6.07) is 7.95. The molecule has 0 N–H and O–H groups in total. The summed E-state index contributed by atoms with van der Waals surface area (Å²) in [4.78, 5) is 4.02. The van der Waals surface area contributed by atoms with Gasteiger partial charge in [-0.25, -0.2) is 4.68 Å². The first-order valence-corrected chi connectivity index (χ1v) is 10.1. The molecule has 0 aliphatic carbocycles. The smallest absolute Gasteiger partial charge is 0.150 e. The Labute approximate surface area is 170 Å². The lowest BCUT2D eigenvalue weighted by Gasteiger charge is -2.23. The first-order valence-electron chi connectivity index (χ1n) is 8.69. The van der Waals surface area contributed by atoms with Gasteiger partial charge in [0.05, 0.1) is 10.5 Å². The number of aromatic nitrogens is 3. The van der Waals surface area contributed by atoms with Crippen LogP contribution in [-0.2, 0) is 4.74 Å². The Bertz CT molecular complexity index is 924. The third-order valence-corrected chi connectivity index (χ3v) is 5.73. The van der Waals surface area contributed by atoms with E-state index in [4.69, 9.17) is 26.2 Å². The van der Waals surface area contributed by atoms with Crippen LogP contribution >= 0.6 is 34.2 Å². The monoisotopic (exact) mass is 483 g/mol. The molecule has 1 aromatic carbocycles. The summed E-state index contributed by atoms with van der Waals surface area (Å²) < 4.78 is 15.0. The van der Waals surface area contributed by atoms with E-state index < -0.39 is 0 Å². The van der Waals surface area contributed by atoms with Crippen molar-refractivity contribution in [2.24, 2.45) is 0 Å².